The fraction of sp³-hybridized carbons (Fsp3) is 0.692. The molecule has 3 rings (SSSR count). The first kappa shape index (κ1) is 13.8. The number of rotatable bonds is 3. The molecule has 1 aliphatic rings. The molecule has 1 N–H and O–H groups in total. The SMILES string of the molecule is CC(C)(C)c1cn2nc(NCC3COCCO3)sc2n1. The van der Waals surface area contributed by atoms with Gasteiger partial charge in [-0.2, -0.15) is 0 Å². The first-order chi connectivity index (χ1) is 9.52. The molecule has 1 atom stereocenters. The smallest absolute Gasteiger partial charge is 0.214 e. The van der Waals surface area contributed by atoms with Crippen LogP contribution in [0.3, 0.4) is 0 Å². The maximum Gasteiger partial charge on any atom is 0.214 e. The molecular formula is C13H20N4O2S. The molecule has 0 amide bonds. The summed E-state index contributed by atoms with van der Waals surface area (Å²) in [5.41, 5.74) is 1.11. The fourth-order valence-electron chi connectivity index (χ4n) is 1.99. The number of fused-ring (bicyclic) bond motifs is 1. The Morgan fingerprint density at radius 3 is 2.95 bits per heavy atom. The lowest BCUT2D eigenvalue weighted by Crippen LogP contribution is -2.34. The largest absolute Gasteiger partial charge is 0.376 e. The topological polar surface area (TPSA) is 60.7 Å². The van der Waals surface area contributed by atoms with Crippen LogP contribution in [0.5, 0.6) is 0 Å². The van der Waals surface area contributed by atoms with Crippen LogP contribution in [-0.4, -0.2) is 47.1 Å². The summed E-state index contributed by atoms with van der Waals surface area (Å²) in [7, 11) is 0. The van der Waals surface area contributed by atoms with E-state index in [0.29, 0.717) is 26.4 Å². The van der Waals surface area contributed by atoms with Crippen LogP contribution in [0.4, 0.5) is 5.13 Å². The van der Waals surface area contributed by atoms with Crippen molar-refractivity contribution in [2.75, 3.05) is 31.7 Å². The monoisotopic (exact) mass is 296 g/mol. The number of hydrogen-bond donors (Lipinski definition) is 1. The van der Waals surface area contributed by atoms with Gasteiger partial charge in [-0.05, 0) is 0 Å². The van der Waals surface area contributed by atoms with Gasteiger partial charge in [-0.3, -0.25) is 0 Å². The zero-order valence-electron chi connectivity index (χ0n) is 12.0. The van der Waals surface area contributed by atoms with Crippen molar-refractivity contribution in [1.82, 2.24) is 14.6 Å². The molecule has 1 fully saturated rings. The molecule has 7 heteroatoms. The second kappa shape index (κ2) is 5.31. The number of anilines is 1. The summed E-state index contributed by atoms with van der Waals surface area (Å²) >= 11 is 1.56. The van der Waals surface area contributed by atoms with Gasteiger partial charge in [0.1, 0.15) is 0 Å². The molecule has 3 heterocycles. The Morgan fingerprint density at radius 2 is 2.30 bits per heavy atom. The predicted molar refractivity (Wildman–Crippen MR) is 78.6 cm³/mol. The van der Waals surface area contributed by atoms with Gasteiger partial charge in [-0.1, -0.05) is 32.1 Å². The summed E-state index contributed by atoms with van der Waals surface area (Å²) in [6, 6.07) is 0. The maximum atomic E-state index is 5.59. The van der Waals surface area contributed by atoms with Crippen molar-refractivity contribution in [2.45, 2.75) is 32.3 Å². The van der Waals surface area contributed by atoms with Crippen LogP contribution in [0.1, 0.15) is 26.5 Å². The highest BCUT2D eigenvalue weighted by molar-refractivity contribution is 7.20. The number of hydrogen-bond acceptors (Lipinski definition) is 6. The molecule has 0 aromatic carbocycles. The molecule has 1 saturated heterocycles. The minimum Gasteiger partial charge on any atom is -0.376 e. The van der Waals surface area contributed by atoms with E-state index < -0.39 is 0 Å². The summed E-state index contributed by atoms with van der Waals surface area (Å²) in [5, 5.41) is 8.65. The van der Waals surface area contributed by atoms with Gasteiger partial charge in [0, 0.05) is 12.0 Å². The van der Waals surface area contributed by atoms with E-state index in [1.165, 1.54) is 0 Å². The summed E-state index contributed by atoms with van der Waals surface area (Å²) in [4.78, 5) is 5.54. The molecular weight excluding hydrogens is 276 g/mol. The van der Waals surface area contributed by atoms with Gasteiger partial charge in [0.25, 0.3) is 0 Å². The van der Waals surface area contributed by atoms with Crippen LogP contribution < -0.4 is 5.32 Å². The van der Waals surface area contributed by atoms with E-state index in [2.05, 4.69) is 36.2 Å². The molecule has 2 aromatic heterocycles. The quantitative estimate of drug-likeness (QED) is 0.937. The Labute approximate surface area is 122 Å². The molecule has 0 spiro atoms. The average molecular weight is 296 g/mol. The fourth-order valence-corrected chi connectivity index (χ4v) is 2.78. The van der Waals surface area contributed by atoms with Crippen LogP contribution in [-0.2, 0) is 14.9 Å². The third-order valence-electron chi connectivity index (χ3n) is 3.18. The van der Waals surface area contributed by atoms with Gasteiger partial charge < -0.3 is 14.8 Å². The summed E-state index contributed by atoms with van der Waals surface area (Å²) in [6.07, 6.45) is 2.10. The van der Waals surface area contributed by atoms with Crippen LogP contribution in [0.25, 0.3) is 4.96 Å². The van der Waals surface area contributed by atoms with E-state index in [4.69, 9.17) is 9.47 Å². The summed E-state index contributed by atoms with van der Waals surface area (Å²) in [5.74, 6) is 0. The number of nitrogens with zero attached hydrogens (tertiary/aromatic N) is 3. The molecule has 2 aromatic rings. The van der Waals surface area contributed by atoms with Gasteiger partial charge >= 0.3 is 0 Å². The Hall–Kier alpha value is -1.18. The van der Waals surface area contributed by atoms with Crippen molar-refractivity contribution in [3.63, 3.8) is 0 Å². The maximum absolute atomic E-state index is 5.59. The van der Waals surface area contributed by atoms with Gasteiger partial charge in [-0.15, -0.1) is 5.10 Å². The first-order valence-electron chi connectivity index (χ1n) is 6.82. The van der Waals surface area contributed by atoms with Crippen LogP contribution in [0, 0.1) is 0 Å². The van der Waals surface area contributed by atoms with Crippen LogP contribution in [0.15, 0.2) is 6.20 Å². The van der Waals surface area contributed by atoms with E-state index >= 15 is 0 Å². The second-order valence-corrected chi connectivity index (χ2v) is 6.92. The van der Waals surface area contributed by atoms with Crippen molar-refractivity contribution in [1.29, 1.82) is 0 Å². The standard InChI is InChI=1S/C13H20N4O2S/c1-13(2,3)10-7-17-12(15-10)20-11(16-17)14-6-9-8-18-4-5-19-9/h7,9H,4-6,8H2,1-3H3,(H,14,16). The van der Waals surface area contributed by atoms with E-state index in [-0.39, 0.29) is 11.5 Å². The van der Waals surface area contributed by atoms with E-state index in [0.717, 1.165) is 15.8 Å². The van der Waals surface area contributed by atoms with E-state index in [9.17, 15) is 0 Å². The normalized spacial score (nSPS) is 20.4. The Kier molecular flexibility index (Phi) is 3.66. The van der Waals surface area contributed by atoms with Gasteiger partial charge in [0.2, 0.25) is 10.1 Å². The van der Waals surface area contributed by atoms with Gasteiger partial charge in [0.05, 0.1) is 37.8 Å². The van der Waals surface area contributed by atoms with Crippen molar-refractivity contribution < 1.29 is 9.47 Å². The molecule has 1 unspecified atom stereocenters. The summed E-state index contributed by atoms with van der Waals surface area (Å²) in [6.45, 7) is 9.17. The molecule has 0 saturated carbocycles. The van der Waals surface area contributed by atoms with Gasteiger partial charge in [0.15, 0.2) is 0 Å². The zero-order chi connectivity index (χ0) is 14.2. The molecule has 1 aliphatic heterocycles. The Morgan fingerprint density at radius 1 is 1.45 bits per heavy atom. The molecule has 6 nitrogen and oxygen atoms in total. The zero-order valence-corrected chi connectivity index (χ0v) is 12.9. The minimum atomic E-state index is 0.0499. The lowest BCUT2D eigenvalue weighted by molar-refractivity contribution is -0.0818. The van der Waals surface area contributed by atoms with Crippen molar-refractivity contribution in [3.05, 3.63) is 11.9 Å². The van der Waals surface area contributed by atoms with Crippen molar-refractivity contribution in [3.8, 4) is 0 Å². The lowest BCUT2D eigenvalue weighted by atomic mass is 9.93. The summed E-state index contributed by atoms with van der Waals surface area (Å²) < 4.78 is 12.8. The molecule has 0 bridgehead atoms. The highest BCUT2D eigenvalue weighted by Crippen LogP contribution is 2.25. The van der Waals surface area contributed by atoms with Crippen molar-refractivity contribution >= 4 is 21.4 Å². The van der Waals surface area contributed by atoms with Crippen LogP contribution >= 0.6 is 11.3 Å². The number of imidazole rings is 1. The van der Waals surface area contributed by atoms with Crippen LogP contribution in [0.2, 0.25) is 0 Å². The molecule has 0 radical (unpaired) electrons. The Bertz CT molecular complexity index is 549. The third kappa shape index (κ3) is 2.94. The molecule has 0 aliphatic carbocycles. The lowest BCUT2D eigenvalue weighted by Gasteiger charge is -2.22. The molecule has 110 valence electrons. The second-order valence-electron chi connectivity index (χ2n) is 5.96. The van der Waals surface area contributed by atoms with E-state index in [1.807, 2.05) is 10.7 Å². The van der Waals surface area contributed by atoms with E-state index in [1.54, 1.807) is 11.3 Å². The van der Waals surface area contributed by atoms with Crippen molar-refractivity contribution in [2.24, 2.45) is 0 Å². The first-order valence-corrected chi connectivity index (χ1v) is 7.64. The number of aromatic nitrogens is 3. The number of ether oxygens (including phenoxy) is 2. The number of nitrogens with one attached hydrogen (secondary N) is 1. The predicted octanol–water partition coefficient (Wildman–Crippen LogP) is 1.92. The average Bonchev–Trinajstić information content (AvgIpc) is 2.95. The highest BCUT2D eigenvalue weighted by atomic mass is 32.1. The third-order valence-corrected chi connectivity index (χ3v) is 4.06. The van der Waals surface area contributed by atoms with Gasteiger partial charge in [-0.25, -0.2) is 9.50 Å². The minimum absolute atomic E-state index is 0.0499. The highest BCUT2D eigenvalue weighted by Gasteiger charge is 2.20. The molecule has 20 heavy (non-hydrogen) atoms. The Balaban J connectivity index is 1.66.